The summed E-state index contributed by atoms with van der Waals surface area (Å²) in [5.74, 6) is 1.27. The molecule has 0 saturated carbocycles. The van der Waals surface area contributed by atoms with E-state index >= 15 is 0 Å². The summed E-state index contributed by atoms with van der Waals surface area (Å²) in [4.78, 5) is 11.3. The number of methoxy groups -OCH3 is 1. The van der Waals surface area contributed by atoms with E-state index in [1.54, 1.807) is 7.11 Å². The van der Waals surface area contributed by atoms with Crippen molar-refractivity contribution in [2.45, 2.75) is 13.3 Å². The van der Waals surface area contributed by atoms with Crippen LogP contribution in [0.1, 0.15) is 12.6 Å². The molecule has 0 aromatic carbocycles. The van der Waals surface area contributed by atoms with Crippen LogP contribution >= 0.6 is 0 Å². The molecule has 0 fully saturated rings. The summed E-state index contributed by atoms with van der Waals surface area (Å²) in [6.45, 7) is 3.36. The van der Waals surface area contributed by atoms with Gasteiger partial charge in [-0.05, 0) is 30.5 Å². The van der Waals surface area contributed by atoms with Crippen LogP contribution in [0.15, 0.2) is 30.5 Å². The van der Waals surface area contributed by atoms with Gasteiger partial charge in [-0.15, -0.1) is 0 Å². The highest BCUT2D eigenvalue weighted by molar-refractivity contribution is 5.63. The Hall–Kier alpha value is -2.10. The van der Waals surface area contributed by atoms with Gasteiger partial charge < -0.3 is 9.64 Å². The van der Waals surface area contributed by atoms with Crippen LogP contribution in [0.3, 0.4) is 0 Å². The van der Waals surface area contributed by atoms with E-state index < -0.39 is 0 Å². The molecule has 0 N–H and O–H groups in total. The average Bonchev–Trinajstić information content (AvgIpc) is 2.46. The van der Waals surface area contributed by atoms with Crippen molar-refractivity contribution < 1.29 is 4.74 Å². The summed E-state index contributed by atoms with van der Waals surface area (Å²) in [5.41, 5.74) is 4.42. The Morgan fingerprint density at radius 1 is 1.25 bits per heavy atom. The van der Waals surface area contributed by atoms with Crippen LogP contribution < -0.4 is 9.64 Å². The summed E-state index contributed by atoms with van der Waals surface area (Å²) in [6, 6.07) is 8.09. The summed E-state index contributed by atoms with van der Waals surface area (Å²) in [6.07, 6.45) is 2.85. The third kappa shape index (κ3) is 2.33. The van der Waals surface area contributed by atoms with Crippen LogP contribution in [0.5, 0.6) is 5.88 Å². The van der Waals surface area contributed by atoms with Crippen molar-refractivity contribution in [1.29, 1.82) is 0 Å². The van der Waals surface area contributed by atoms with Crippen molar-refractivity contribution >= 4 is 5.69 Å². The van der Waals surface area contributed by atoms with E-state index in [0.29, 0.717) is 11.8 Å². The fourth-order valence-corrected chi connectivity index (χ4v) is 2.77. The molecule has 0 aliphatic carbocycles. The molecule has 0 unspecified atom stereocenters. The smallest absolute Gasteiger partial charge is 0.212 e. The van der Waals surface area contributed by atoms with Gasteiger partial charge in [0.2, 0.25) is 5.88 Å². The van der Waals surface area contributed by atoms with Crippen LogP contribution in [-0.2, 0) is 6.42 Å². The van der Waals surface area contributed by atoms with E-state index in [-0.39, 0.29) is 0 Å². The monoisotopic (exact) mass is 269 g/mol. The highest BCUT2D eigenvalue weighted by atomic mass is 16.5. The summed E-state index contributed by atoms with van der Waals surface area (Å²) < 4.78 is 5.09. The molecule has 20 heavy (non-hydrogen) atoms. The lowest BCUT2D eigenvalue weighted by Gasteiger charge is -2.31. The number of rotatable bonds is 2. The van der Waals surface area contributed by atoms with Gasteiger partial charge in [0.15, 0.2) is 0 Å². The number of nitrogens with zero attached hydrogens (tertiary/aromatic N) is 3. The van der Waals surface area contributed by atoms with Crippen LogP contribution in [0, 0.1) is 5.92 Å². The largest absolute Gasteiger partial charge is 0.481 e. The summed E-state index contributed by atoms with van der Waals surface area (Å²) in [7, 11) is 3.75. The van der Waals surface area contributed by atoms with Crippen molar-refractivity contribution in [3.05, 3.63) is 36.2 Å². The van der Waals surface area contributed by atoms with Gasteiger partial charge in [-0.3, -0.25) is 4.98 Å². The Kier molecular flexibility index (Phi) is 3.30. The molecule has 0 radical (unpaired) electrons. The summed E-state index contributed by atoms with van der Waals surface area (Å²) in [5, 5.41) is 0. The molecule has 1 atom stereocenters. The van der Waals surface area contributed by atoms with Gasteiger partial charge in [-0.2, -0.15) is 0 Å². The Balaban J connectivity index is 1.97. The van der Waals surface area contributed by atoms with Gasteiger partial charge in [-0.25, -0.2) is 4.98 Å². The lowest BCUT2D eigenvalue weighted by atomic mass is 9.98. The lowest BCUT2D eigenvalue weighted by Crippen LogP contribution is -2.31. The lowest BCUT2D eigenvalue weighted by molar-refractivity contribution is 0.398. The fraction of sp³-hybridized carbons (Fsp3) is 0.375. The molecule has 0 amide bonds. The predicted molar refractivity (Wildman–Crippen MR) is 80.2 cm³/mol. The zero-order valence-corrected chi connectivity index (χ0v) is 12.1. The Morgan fingerprint density at radius 2 is 2.10 bits per heavy atom. The second-order valence-corrected chi connectivity index (χ2v) is 5.44. The SMILES string of the molecule is COc1ccc(-c2ccc3c(n2)C[C@@H](C)CN3C)cn1. The third-order valence-electron chi connectivity index (χ3n) is 3.73. The molecule has 1 aliphatic heterocycles. The van der Waals surface area contributed by atoms with Gasteiger partial charge in [0.25, 0.3) is 0 Å². The van der Waals surface area contributed by atoms with Gasteiger partial charge in [-0.1, -0.05) is 6.92 Å². The standard InChI is InChI=1S/C16H19N3O/c1-11-8-14-15(19(2)10-11)6-5-13(18-14)12-4-7-16(20-3)17-9-12/h4-7,9,11H,8,10H2,1-3H3/t11-/m1/s1. The predicted octanol–water partition coefficient (Wildman–Crippen LogP) is 2.78. The first kappa shape index (κ1) is 12.9. The quantitative estimate of drug-likeness (QED) is 0.840. The molecule has 0 saturated heterocycles. The summed E-state index contributed by atoms with van der Waals surface area (Å²) >= 11 is 0. The first-order valence-electron chi connectivity index (χ1n) is 6.89. The first-order chi connectivity index (χ1) is 9.67. The van der Waals surface area contributed by atoms with Crippen molar-refractivity contribution in [3.8, 4) is 17.1 Å². The van der Waals surface area contributed by atoms with Crippen LogP contribution in [-0.4, -0.2) is 30.7 Å². The zero-order valence-electron chi connectivity index (χ0n) is 12.1. The first-order valence-corrected chi connectivity index (χ1v) is 6.89. The van der Waals surface area contributed by atoms with Crippen LogP contribution in [0.4, 0.5) is 5.69 Å². The molecule has 104 valence electrons. The molecule has 4 heteroatoms. The van der Waals surface area contributed by atoms with Crippen molar-refractivity contribution in [1.82, 2.24) is 9.97 Å². The number of anilines is 1. The number of fused-ring (bicyclic) bond motifs is 1. The number of aromatic nitrogens is 2. The van der Waals surface area contributed by atoms with Gasteiger partial charge >= 0.3 is 0 Å². The van der Waals surface area contributed by atoms with Gasteiger partial charge in [0, 0.05) is 31.4 Å². The number of pyridine rings is 2. The molecule has 2 aromatic rings. The Morgan fingerprint density at radius 3 is 2.80 bits per heavy atom. The molecule has 3 rings (SSSR count). The Bertz CT molecular complexity index is 610. The van der Waals surface area contributed by atoms with Gasteiger partial charge in [0.05, 0.1) is 24.2 Å². The molecule has 1 aliphatic rings. The number of hydrogen-bond donors (Lipinski definition) is 0. The average molecular weight is 269 g/mol. The second kappa shape index (κ2) is 5.12. The third-order valence-corrected chi connectivity index (χ3v) is 3.73. The minimum Gasteiger partial charge on any atom is -0.481 e. The zero-order chi connectivity index (χ0) is 14.1. The molecule has 3 heterocycles. The van der Waals surface area contributed by atoms with Crippen LogP contribution in [0.25, 0.3) is 11.3 Å². The normalized spacial score (nSPS) is 17.8. The highest BCUT2D eigenvalue weighted by Crippen LogP contribution is 2.29. The minimum absolute atomic E-state index is 0.625. The van der Waals surface area contributed by atoms with E-state index in [1.807, 2.05) is 18.3 Å². The maximum absolute atomic E-state index is 5.09. The van der Waals surface area contributed by atoms with Crippen molar-refractivity contribution in [2.75, 3.05) is 25.6 Å². The maximum Gasteiger partial charge on any atom is 0.212 e. The van der Waals surface area contributed by atoms with E-state index in [1.165, 1.54) is 11.4 Å². The molecule has 4 nitrogen and oxygen atoms in total. The highest BCUT2D eigenvalue weighted by Gasteiger charge is 2.20. The van der Waals surface area contributed by atoms with E-state index in [2.05, 4.69) is 36.0 Å². The van der Waals surface area contributed by atoms with Crippen molar-refractivity contribution in [3.63, 3.8) is 0 Å². The van der Waals surface area contributed by atoms with Gasteiger partial charge in [0.1, 0.15) is 0 Å². The number of ether oxygens (including phenoxy) is 1. The topological polar surface area (TPSA) is 38.2 Å². The van der Waals surface area contributed by atoms with Crippen LogP contribution in [0.2, 0.25) is 0 Å². The van der Waals surface area contributed by atoms with E-state index in [0.717, 1.165) is 24.2 Å². The fourth-order valence-electron chi connectivity index (χ4n) is 2.77. The molecular formula is C16H19N3O. The van der Waals surface area contributed by atoms with E-state index in [4.69, 9.17) is 9.72 Å². The number of hydrogen-bond acceptors (Lipinski definition) is 4. The second-order valence-electron chi connectivity index (χ2n) is 5.44. The minimum atomic E-state index is 0.625. The molecule has 0 bridgehead atoms. The molecule has 0 spiro atoms. The molecular weight excluding hydrogens is 250 g/mol. The van der Waals surface area contributed by atoms with E-state index in [9.17, 15) is 0 Å². The Labute approximate surface area is 119 Å². The maximum atomic E-state index is 5.09. The van der Waals surface area contributed by atoms with Crippen molar-refractivity contribution in [2.24, 2.45) is 5.92 Å². The molecule has 2 aromatic heterocycles.